The third-order valence-corrected chi connectivity index (χ3v) is 4.61. The fourth-order valence-electron chi connectivity index (χ4n) is 3.21. The van der Waals surface area contributed by atoms with Crippen LogP contribution < -0.4 is 15.5 Å². The second-order valence-corrected chi connectivity index (χ2v) is 6.49. The SMILES string of the molecule is CC(NC(=O)NCc1cccnc1N1CCCCC1)c1ccccc1. The molecule has 1 aromatic carbocycles. The predicted molar refractivity (Wildman–Crippen MR) is 101 cm³/mol. The first-order valence-corrected chi connectivity index (χ1v) is 9.02. The van der Waals surface area contributed by atoms with Crippen LogP contribution >= 0.6 is 0 Å². The molecule has 1 aliphatic heterocycles. The molecule has 1 aromatic heterocycles. The van der Waals surface area contributed by atoms with Crippen molar-refractivity contribution in [3.8, 4) is 0 Å². The van der Waals surface area contributed by atoms with Crippen LogP contribution in [0.2, 0.25) is 0 Å². The van der Waals surface area contributed by atoms with Crippen molar-refractivity contribution in [1.82, 2.24) is 15.6 Å². The molecule has 1 saturated heterocycles. The summed E-state index contributed by atoms with van der Waals surface area (Å²) in [6.07, 6.45) is 5.53. The number of carbonyl (C=O) groups excluding carboxylic acids is 1. The van der Waals surface area contributed by atoms with Gasteiger partial charge in [-0.2, -0.15) is 0 Å². The van der Waals surface area contributed by atoms with Crippen molar-refractivity contribution in [3.63, 3.8) is 0 Å². The highest BCUT2D eigenvalue weighted by Crippen LogP contribution is 2.21. The van der Waals surface area contributed by atoms with Gasteiger partial charge in [-0.25, -0.2) is 9.78 Å². The molecule has 2 aromatic rings. The summed E-state index contributed by atoms with van der Waals surface area (Å²) in [5.41, 5.74) is 2.15. The number of piperidine rings is 1. The van der Waals surface area contributed by atoms with Crippen LogP contribution in [0.5, 0.6) is 0 Å². The maximum Gasteiger partial charge on any atom is 0.315 e. The summed E-state index contributed by atoms with van der Waals surface area (Å²) in [4.78, 5) is 19.1. The van der Waals surface area contributed by atoms with Crippen molar-refractivity contribution in [3.05, 3.63) is 59.8 Å². The van der Waals surface area contributed by atoms with Crippen LogP contribution in [0.3, 0.4) is 0 Å². The Kier molecular flexibility index (Phi) is 5.88. The Bertz CT molecular complexity index is 683. The Labute approximate surface area is 149 Å². The molecule has 1 aliphatic rings. The van der Waals surface area contributed by atoms with Gasteiger partial charge in [0.2, 0.25) is 0 Å². The topological polar surface area (TPSA) is 57.3 Å². The molecule has 0 bridgehead atoms. The summed E-state index contributed by atoms with van der Waals surface area (Å²) < 4.78 is 0. The lowest BCUT2D eigenvalue weighted by Crippen LogP contribution is -2.37. The van der Waals surface area contributed by atoms with E-state index in [1.165, 1.54) is 19.3 Å². The molecular formula is C20H26N4O. The number of hydrogen-bond donors (Lipinski definition) is 2. The number of hydrogen-bond acceptors (Lipinski definition) is 3. The van der Waals surface area contributed by atoms with Crippen LogP contribution in [-0.2, 0) is 6.54 Å². The van der Waals surface area contributed by atoms with E-state index in [4.69, 9.17) is 0 Å². The number of urea groups is 1. The molecule has 3 rings (SSSR count). The molecule has 25 heavy (non-hydrogen) atoms. The molecule has 1 atom stereocenters. The van der Waals surface area contributed by atoms with Crippen LogP contribution in [0.4, 0.5) is 10.6 Å². The van der Waals surface area contributed by atoms with Crippen molar-refractivity contribution in [2.45, 2.75) is 38.8 Å². The predicted octanol–water partition coefficient (Wildman–Crippen LogP) is 3.63. The monoisotopic (exact) mass is 338 g/mol. The molecule has 5 heteroatoms. The Hall–Kier alpha value is -2.56. The highest BCUT2D eigenvalue weighted by molar-refractivity contribution is 5.74. The van der Waals surface area contributed by atoms with E-state index in [2.05, 4.69) is 20.5 Å². The van der Waals surface area contributed by atoms with Gasteiger partial charge in [-0.3, -0.25) is 0 Å². The Balaban J connectivity index is 1.57. The van der Waals surface area contributed by atoms with Gasteiger partial charge in [0.05, 0.1) is 6.04 Å². The standard InChI is InChI=1S/C20H26N4O/c1-16(17-9-4-2-5-10-17)23-20(25)22-15-18-11-8-12-21-19(18)24-13-6-3-7-14-24/h2,4-5,8-12,16H,3,6-7,13-15H2,1H3,(H2,22,23,25). The fourth-order valence-corrected chi connectivity index (χ4v) is 3.21. The minimum atomic E-state index is -0.162. The normalized spacial score (nSPS) is 15.5. The van der Waals surface area contributed by atoms with Gasteiger partial charge in [-0.15, -0.1) is 0 Å². The number of benzene rings is 1. The maximum atomic E-state index is 12.2. The highest BCUT2D eigenvalue weighted by atomic mass is 16.2. The number of aromatic nitrogens is 1. The van der Waals surface area contributed by atoms with Crippen LogP contribution in [0.25, 0.3) is 0 Å². The largest absolute Gasteiger partial charge is 0.356 e. The molecular weight excluding hydrogens is 312 g/mol. The number of pyridine rings is 1. The van der Waals surface area contributed by atoms with E-state index in [9.17, 15) is 4.79 Å². The Morgan fingerprint density at radius 1 is 1.12 bits per heavy atom. The summed E-state index contributed by atoms with van der Waals surface area (Å²) in [5, 5.41) is 5.94. The number of nitrogens with one attached hydrogen (secondary N) is 2. The third-order valence-electron chi connectivity index (χ3n) is 4.61. The minimum absolute atomic E-state index is 0.0309. The molecule has 5 nitrogen and oxygen atoms in total. The molecule has 1 fully saturated rings. The number of anilines is 1. The summed E-state index contributed by atoms with van der Waals surface area (Å²) in [5.74, 6) is 0.999. The second kappa shape index (κ2) is 8.51. The van der Waals surface area contributed by atoms with E-state index in [-0.39, 0.29) is 12.1 Å². The van der Waals surface area contributed by atoms with Gasteiger partial charge >= 0.3 is 6.03 Å². The maximum absolute atomic E-state index is 12.2. The zero-order valence-electron chi connectivity index (χ0n) is 14.7. The van der Waals surface area contributed by atoms with Crippen molar-refractivity contribution in [2.24, 2.45) is 0 Å². The molecule has 0 saturated carbocycles. The van der Waals surface area contributed by atoms with Crippen LogP contribution in [0, 0.1) is 0 Å². The van der Waals surface area contributed by atoms with Gasteiger partial charge in [-0.05, 0) is 37.8 Å². The van der Waals surface area contributed by atoms with E-state index in [0.29, 0.717) is 6.54 Å². The summed E-state index contributed by atoms with van der Waals surface area (Å²) in [6.45, 7) is 4.55. The highest BCUT2D eigenvalue weighted by Gasteiger charge is 2.16. The lowest BCUT2D eigenvalue weighted by Gasteiger charge is -2.29. The molecule has 0 spiro atoms. The molecule has 2 N–H and O–H groups in total. The van der Waals surface area contributed by atoms with Crippen molar-refractivity contribution < 1.29 is 4.79 Å². The zero-order chi connectivity index (χ0) is 17.5. The van der Waals surface area contributed by atoms with Crippen molar-refractivity contribution in [2.75, 3.05) is 18.0 Å². The Morgan fingerprint density at radius 3 is 2.64 bits per heavy atom. The molecule has 132 valence electrons. The van der Waals surface area contributed by atoms with Gasteiger partial charge in [0.25, 0.3) is 0 Å². The van der Waals surface area contributed by atoms with Crippen molar-refractivity contribution >= 4 is 11.8 Å². The zero-order valence-corrected chi connectivity index (χ0v) is 14.7. The molecule has 2 heterocycles. The van der Waals surface area contributed by atoms with E-state index in [1.54, 1.807) is 0 Å². The average molecular weight is 338 g/mol. The quantitative estimate of drug-likeness (QED) is 0.875. The first-order chi connectivity index (χ1) is 12.2. The smallest absolute Gasteiger partial charge is 0.315 e. The third kappa shape index (κ3) is 4.72. The number of rotatable bonds is 5. The average Bonchev–Trinajstić information content (AvgIpc) is 2.68. The van der Waals surface area contributed by atoms with E-state index >= 15 is 0 Å². The molecule has 0 radical (unpaired) electrons. The molecule has 0 aliphatic carbocycles. The van der Waals surface area contributed by atoms with Gasteiger partial charge in [0, 0.05) is 31.4 Å². The lowest BCUT2D eigenvalue weighted by atomic mass is 10.1. The molecule has 1 unspecified atom stereocenters. The molecule has 2 amide bonds. The first-order valence-electron chi connectivity index (χ1n) is 9.02. The van der Waals surface area contributed by atoms with Crippen molar-refractivity contribution in [1.29, 1.82) is 0 Å². The van der Waals surface area contributed by atoms with E-state index < -0.39 is 0 Å². The van der Waals surface area contributed by atoms with Crippen LogP contribution in [0.1, 0.15) is 43.4 Å². The number of amides is 2. The Morgan fingerprint density at radius 2 is 1.88 bits per heavy atom. The van der Waals surface area contributed by atoms with Gasteiger partial charge < -0.3 is 15.5 Å². The van der Waals surface area contributed by atoms with Gasteiger partial charge in [0.15, 0.2) is 0 Å². The number of nitrogens with zero attached hydrogens (tertiary/aromatic N) is 2. The first kappa shape index (κ1) is 17.3. The number of carbonyl (C=O) groups is 1. The van der Waals surface area contributed by atoms with Crippen LogP contribution in [0.15, 0.2) is 48.7 Å². The summed E-state index contributed by atoms with van der Waals surface area (Å²) in [6, 6.07) is 13.7. The van der Waals surface area contributed by atoms with Gasteiger partial charge in [-0.1, -0.05) is 36.4 Å². The van der Waals surface area contributed by atoms with Crippen LogP contribution in [-0.4, -0.2) is 24.1 Å². The van der Waals surface area contributed by atoms with E-state index in [1.807, 2.05) is 55.6 Å². The second-order valence-electron chi connectivity index (χ2n) is 6.49. The van der Waals surface area contributed by atoms with E-state index in [0.717, 1.165) is 30.0 Å². The summed E-state index contributed by atoms with van der Waals surface area (Å²) >= 11 is 0. The van der Waals surface area contributed by atoms with Gasteiger partial charge in [0.1, 0.15) is 5.82 Å². The summed E-state index contributed by atoms with van der Waals surface area (Å²) in [7, 11) is 0. The fraction of sp³-hybridized carbons (Fsp3) is 0.400. The minimum Gasteiger partial charge on any atom is -0.356 e. The lowest BCUT2D eigenvalue weighted by molar-refractivity contribution is 0.237.